The van der Waals surface area contributed by atoms with Crippen LogP contribution in [0.4, 0.5) is 0 Å². The lowest BCUT2D eigenvalue weighted by Crippen LogP contribution is -2.31. The Hall–Kier alpha value is -0.820. The van der Waals surface area contributed by atoms with Gasteiger partial charge in [-0.3, -0.25) is 4.79 Å². The summed E-state index contributed by atoms with van der Waals surface area (Å²) in [6.45, 7) is 0. The Morgan fingerprint density at radius 2 is 1.56 bits per heavy atom. The molecule has 16 heavy (non-hydrogen) atoms. The van der Waals surface area contributed by atoms with Gasteiger partial charge in [-0.25, -0.2) is 0 Å². The van der Waals surface area contributed by atoms with Crippen LogP contribution in [0.15, 0.2) is 30.3 Å². The summed E-state index contributed by atoms with van der Waals surface area (Å²) in [6.07, 6.45) is 6.20. The van der Waals surface area contributed by atoms with E-state index in [0.717, 1.165) is 31.2 Å². The Bertz CT molecular complexity index is 350. The first-order chi connectivity index (χ1) is 7.72. The zero-order valence-corrected chi connectivity index (χ0v) is 10.2. The van der Waals surface area contributed by atoms with Crippen LogP contribution in [0.3, 0.4) is 0 Å². The van der Waals surface area contributed by atoms with E-state index in [4.69, 9.17) is 11.6 Å². The molecule has 1 aromatic carbocycles. The van der Waals surface area contributed by atoms with Crippen LogP contribution in [0.1, 0.15) is 48.9 Å². The Morgan fingerprint density at radius 1 is 1.00 bits per heavy atom. The van der Waals surface area contributed by atoms with Gasteiger partial charge in [0.1, 0.15) is 4.87 Å². The summed E-state index contributed by atoms with van der Waals surface area (Å²) >= 11 is 6.51. The first kappa shape index (κ1) is 11.7. The summed E-state index contributed by atoms with van der Waals surface area (Å²) in [4.78, 5) is 11.7. The average Bonchev–Trinajstić information content (AvgIpc) is 2.55. The monoisotopic (exact) mass is 236 g/mol. The molecule has 0 aliphatic heterocycles. The second-order valence-corrected chi connectivity index (χ2v) is 5.30. The molecule has 86 valence electrons. The smallest absolute Gasteiger partial charge is 0.183 e. The molecule has 0 radical (unpaired) electrons. The van der Waals surface area contributed by atoms with Gasteiger partial charge in [-0.05, 0) is 12.8 Å². The van der Waals surface area contributed by atoms with Crippen molar-refractivity contribution in [2.24, 2.45) is 0 Å². The van der Waals surface area contributed by atoms with Crippen LogP contribution < -0.4 is 0 Å². The molecule has 0 aromatic heterocycles. The van der Waals surface area contributed by atoms with Gasteiger partial charge >= 0.3 is 0 Å². The number of carbonyl (C=O) groups is 1. The van der Waals surface area contributed by atoms with Crippen LogP contribution >= 0.6 is 11.6 Å². The molecule has 0 saturated heterocycles. The van der Waals surface area contributed by atoms with Crippen molar-refractivity contribution < 1.29 is 4.79 Å². The van der Waals surface area contributed by atoms with Gasteiger partial charge in [-0.15, -0.1) is 11.6 Å². The fourth-order valence-electron chi connectivity index (χ4n) is 2.36. The van der Waals surface area contributed by atoms with E-state index < -0.39 is 4.87 Å². The minimum Gasteiger partial charge on any atom is -0.292 e. The molecule has 0 unspecified atom stereocenters. The molecule has 0 atom stereocenters. The van der Waals surface area contributed by atoms with Gasteiger partial charge in [0.25, 0.3) is 0 Å². The van der Waals surface area contributed by atoms with Crippen molar-refractivity contribution in [3.8, 4) is 0 Å². The van der Waals surface area contributed by atoms with Gasteiger partial charge in [0.2, 0.25) is 0 Å². The van der Waals surface area contributed by atoms with E-state index in [2.05, 4.69) is 0 Å². The molecule has 2 heteroatoms. The van der Waals surface area contributed by atoms with Gasteiger partial charge in [0.05, 0.1) is 0 Å². The Morgan fingerprint density at radius 3 is 2.12 bits per heavy atom. The lowest BCUT2D eigenvalue weighted by atomic mass is 9.90. The van der Waals surface area contributed by atoms with Crippen LogP contribution in [0.2, 0.25) is 0 Å². The highest BCUT2D eigenvalue weighted by Gasteiger charge is 2.36. The minimum absolute atomic E-state index is 0.108. The maximum atomic E-state index is 12.3. The van der Waals surface area contributed by atoms with E-state index >= 15 is 0 Å². The number of rotatable bonds is 2. The van der Waals surface area contributed by atoms with Crippen molar-refractivity contribution in [3.05, 3.63) is 35.9 Å². The molecular weight excluding hydrogens is 220 g/mol. The van der Waals surface area contributed by atoms with Crippen molar-refractivity contribution in [3.63, 3.8) is 0 Å². The molecule has 1 aromatic rings. The Labute approximate surface area is 102 Å². The largest absolute Gasteiger partial charge is 0.292 e. The zero-order valence-electron chi connectivity index (χ0n) is 9.42. The molecule has 0 heterocycles. The number of benzene rings is 1. The summed E-state index contributed by atoms with van der Waals surface area (Å²) in [7, 11) is 0. The average molecular weight is 237 g/mol. The lowest BCUT2D eigenvalue weighted by Gasteiger charge is -2.23. The van der Waals surface area contributed by atoms with Crippen LogP contribution in [-0.4, -0.2) is 10.7 Å². The standard InChI is InChI=1S/C14H17ClO/c15-14(10-6-1-2-7-11-14)13(16)12-8-4-3-5-9-12/h3-5,8-9H,1-2,6-7,10-11H2. The van der Waals surface area contributed by atoms with E-state index in [1.807, 2.05) is 30.3 Å². The molecule has 1 aliphatic rings. The normalized spacial score (nSPS) is 20.1. The molecule has 1 nitrogen and oxygen atoms in total. The van der Waals surface area contributed by atoms with Gasteiger partial charge < -0.3 is 0 Å². The second kappa shape index (κ2) is 5.01. The topological polar surface area (TPSA) is 17.1 Å². The third-order valence-corrected chi connectivity index (χ3v) is 3.89. The molecule has 0 bridgehead atoms. The summed E-state index contributed by atoms with van der Waals surface area (Å²) in [5.41, 5.74) is 0.749. The van der Waals surface area contributed by atoms with Crippen molar-refractivity contribution in [1.29, 1.82) is 0 Å². The predicted molar refractivity (Wildman–Crippen MR) is 67.1 cm³/mol. The van der Waals surface area contributed by atoms with Gasteiger partial charge in [-0.2, -0.15) is 0 Å². The van der Waals surface area contributed by atoms with Crippen LogP contribution in [0.25, 0.3) is 0 Å². The van der Waals surface area contributed by atoms with Crippen LogP contribution in [-0.2, 0) is 0 Å². The second-order valence-electron chi connectivity index (χ2n) is 4.57. The number of halogens is 1. The molecule has 0 N–H and O–H groups in total. The molecule has 0 spiro atoms. The SMILES string of the molecule is O=C(c1ccccc1)C1(Cl)CCCCCC1. The number of Topliss-reactive ketones (excluding diaryl/α,β-unsaturated/α-hetero) is 1. The van der Waals surface area contributed by atoms with Crippen LogP contribution in [0.5, 0.6) is 0 Å². The predicted octanol–water partition coefficient (Wildman–Crippen LogP) is 4.20. The van der Waals surface area contributed by atoms with E-state index in [1.165, 1.54) is 12.8 Å². The summed E-state index contributed by atoms with van der Waals surface area (Å²) < 4.78 is 0. The van der Waals surface area contributed by atoms with E-state index in [1.54, 1.807) is 0 Å². The van der Waals surface area contributed by atoms with Crippen molar-refractivity contribution >= 4 is 17.4 Å². The Balaban J connectivity index is 2.19. The fraction of sp³-hybridized carbons (Fsp3) is 0.500. The molecule has 1 fully saturated rings. The molecular formula is C14H17ClO. The van der Waals surface area contributed by atoms with Crippen LogP contribution in [0, 0.1) is 0 Å². The first-order valence-electron chi connectivity index (χ1n) is 6.01. The fourth-order valence-corrected chi connectivity index (χ4v) is 2.74. The minimum atomic E-state index is -0.641. The summed E-state index contributed by atoms with van der Waals surface area (Å²) in [5.74, 6) is 0.108. The van der Waals surface area contributed by atoms with Gasteiger partial charge in [0, 0.05) is 5.56 Å². The van der Waals surface area contributed by atoms with Gasteiger partial charge in [-0.1, -0.05) is 56.0 Å². The lowest BCUT2D eigenvalue weighted by molar-refractivity contribution is 0.0928. The van der Waals surface area contributed by atoms with Crippen molar-refractivity contribution in [2.75, 3.05) is 0 Å². The first-order valence-corrected chi connectivity index (χ1v) is 6.39. The maximum Gasteiger partial charge on any atom is 0.183 e. The Kier molecular flexibility index (Phi) is 3.65. The van der Waals surface area contributed by atoms with Crippen molar-refractivity contribution in [2.45, 2.75) is 43.4 Å². The number of hydrogen-bond acceptors (Lipinski definition) is 1. The molecule has 0 amide bonds. The molecule has 1 aliphatic carbocycles. The highest BCUT2D eigenvalue weighted by atomic mass is 35.5. The summed E-state index contributed by atoms with van der Waals surface area (Å²) in [6, 6.07) is 9.42. The number of alkyl halides is 1. The van der Waals surface area contributed by atoms with E-state index in [9.17, 15) is 4.79 Å². The highest BCUT2D eigenvalue weighted by Crippen LogP contribution is 2.35. The van der Waals surface area contributed by atoms with E-state index in [-0.39, 0.29) is 5.78 Å². The highest BCUT2D eigenvalue weighted by molar-refractivity contribution is 6.38. The summed E-state index contributed by atoms with van der Waals surface area (Å²) in [5, 5.41) is 0. The zero-order chi connectivity index (χ0) is 11.4. The number of carbonyl (C=O) groups excluding carboxylic acids is 1. The van der Waals surface area contributed by atoms with E-state index in [0.29, 0.717) is 0 Å². The van der Waals surface area contributed by atoms with Crippen molar-refractivity contribution in [1.82, 2.24) is 0 Å². The maximum absolute atomic E-state index is 12.3. The molecule has 1 saturated carbocycles. The quantitative estimate of drug-likeness (QED) is 0.427. The number of ketones is 1. The van der Waals surface area contributed by atoms with Gasteiger partial charge in [0.15, 0.2) is 5.78 Å². The number of hydrogen-bond donors (Lipinski definition) is 0. The molecule has 2 rings (SSSR count). The third kappa shape index (κ3) is 2.46. The third-order valence-electron chi connectivity index (χ3n) is 3.34.